The van der Waals surface area contributed by atoms with Gasteiger partial charge in [0.2, 0.25) is 0 Å². The molecule has 9 nitrogen and oxygen atoms in total. The van der Waals surface area contributed by atoms with Crippen LogP contribution in [0.25, 0.3) is 0 Å². The van der Waals surface area contributed by atoms with Crippen molar-refractivity contribution in [3.63, 3.8) is 0 Å². The smallest absolute Gasteiger partial charge is 0.337 e. The van der Waals surface area contributed by atoms with Crippen LogP contribution in [0, 0.1) is 0 Å². The summed E-state index contributed by atoms with van der Waals surface area (Å²) in [6, 6.07) is 18.6. The molecule has 0 bridgehead atoms. The molecular weight excluding hydrogens is 498 g/mol. The first-order valence-corrected chi connectivity index (χ1v) is 11.3. The van der Waals surface area contributed by atoms with Gasteiger partial charge in [0.1, 0.15) is 10.7 Å². The lowest BCUT2D eigenvalue weighted by atomic mass is 10.1. The van der Waals surface area contributed by atoms with Gasteiger partial charge in [-0.15, -0.1) is 0 Å². The normalized spacial score (nSPS) is 13.0. The maximum Gasteiger partial charge on any atom is 0.337 e. The molecule has 3 aromatic rings. The van der Waals surface area contributed by atoms with E-state index in [4.69, 9.17) is 11.6 Å². The Labute approximate surface area is 216 Å². The minimum absolute atomic E-state index is 0.0727. The van der Waals surface area contributed by atoms with Gasteiger partial charge in [0, 0.05) is 22.5 Å². The number of hydrogen-bond donors (Lipinski definition) is 2. The molecule has 1 aliphatic rings. The summed E-state index contributed by atoms with van der Waals surface area (Å²) in [7, 11) is 1.23. The second-order valence-electron chi connectivity index (χ2n) is 7.97. The number of imide groups is 1. The van der Waals surface area contributed by atoms with Crippen LogP contribution < -0.4 is 15.5 Å². The van der Waals surface area contributed by atoms with E-state index >= 15 is 0 Å². The van der Waals surface area contributed by atoms with E-state index in [0.717, 1.165) is 4.90 Å². The Morgan fingerprint density at radius 3 is 2.05 bits per heavy atom. The molecule has 4 rings (SSSR count). The topological polar surface area (TPSA) is 122 Å². The number of nitrogens with one attached hydrogen (secondary N) is 2. The van der Waals surface area contributed by atoms with Gasteiger partial charge in [-0.05, 0) is 73.7 Å². The van der Waals surface area contributed by atoms with Crippen LogP contribution in [0.1, 0.15) is 38.0 Å². The van der Waals surface area contributed by atoms with Crippen LogP contribution in [0.5, 0.6) is 0 Å². The molecule has 0 saturated heterocycles. The van der Waals surface area contributed by atoms with Crippen molar-refractivity contribution in [1.82, 2.24) is 0 Å². The monoisotopic (exact) mass is 517 g/mol. The van der Waals surface area contributed by atoms with E-state index in [2.05, 4.69) is 15.4 Å². The zero-order chi connectivity index (χ0) is 26.7. The molecule has 10 heteroatoms. The highest BCUT2D eigenvalue weighted by atomic mass is 35.5. The molecule has 0 spiro atoms. The average molecular weight is 518 g/mol. The Morgan fingerprint density at radius 2 is 1.43 bits per heavy atom. The molecule has 0 unspecified atom stereocenters. The van der Waals surface area contributed by atoms with Gasteiger partial charge < -0.3 is 15.4 Å². The van der Waals surface area contributed by atoms with Crippen molar-refractivity contribution in [2.45, 2.75) is 6.92 Å². The van der Waals surface area contributed by atoms with E-state index in [-0.39, 0.29) is 33.7 Å². The lowest BCUT2D eigenvalue weighted by Gasteiger charge is -2.16. The number of amides is 3. The third kappa shape index (κ3) is 5.26. The minimum atomic E-state index is -0.747. The van der Waals surface area contributed by atoms with Crippen LogP contribution in [0.15, 0.2) is 83.5 Å². The predicted octanol–water partition coefficient (Wildman–Crippen LogP) is 4.36. The Balaban J connectivity index is 1.46. The lowest BCUT2D eigenvalue weighted by Crippen LogP contribution is -2.32. The highest BCUT2D eigenvalue weighted by Crippen LogP contribution is 2.30. The van der Waals surface area contributed by atoms with E-state index in [9.17, 15) is 24.0 Å². The second kappa shape index (κ2) is 10.5. The number of methoxy groups -OCH3 is 1. The molecular formula is C27H20ClN3O6. The summed E-state index contributed by atoms with van der Waals surface area (Å²) < 4.78 is 4.68. The first-order chi connectivity index (χ1) is 17.7. The number of carbonyl (C=O) groups excluding carboxylic acids is 5. The molecule has 0 aromatic heterocycles. The number of rotatable bonds is 7. The molecule has 3 amide bonds. The van der Waals surface area contributed by atoms with Gasteiger partial charge in [0.15, 0.2) is 5.78 Å². The molecule has 186 valence electrons. The molecule has 0 radical (unpaired) electrons. The third-order valence-electron chi connectivity index (χ3n) is 5.52. The van der Waals surface area contributed by atoms with E-state index in [1.165, 1.54) is 50.4 Å². The number of Topliss-reactive ketones (excluding diaryl/α,β-unsaturated/α-hetero) is 1. The number of anilines is 3. The zero-order valence-corrected chi connectivity index (χ0v) is 20.5. The molecule has 0 atom stereocenters. The summed E-state index contributed by atoms with van der Waals surface area (Å²) in [4.78, 5) is 62.4. The Kier molecular flexibility index (Phi) is 7.17. The van der Waals surface area contributed by atoms with E-state index in [1.807, 2.05) is 0 Å². The number of hydrogen-bond acceptors (Lipinski definition) is 7. The summed E-state index contributed by atoms with van der Waals surface area (Å²) in [5.41, 5.74) is 2.02. The first-order valence-electron chi connectivity index (χ1n) is 11.0. The van der Waals surface area contributed by atoms with Crippen molar-refractivity contribution >= 4 is 58.1 Å². The molecule has 0 aliphatic carbocycles. The number of benzene rings is 3. The zero-order valence-electron chi connectivity index (χ0n) is 19.7. The molecule has 1 heterocycles. The maximum absolute atomic E-state index is 13.0. The largest absolute Gasteiger partial charge is 0.465 e. The van der Waals surface area contributed by atoms with Crippen LogP contribution >= 0.6 is 11.6 Å². The number of nitrogens with zero attached hydrogens (tertiary/aromatic N) is 1. The SMILES string of the molecule is COC(=O)c1cccc(N2C(=O)C(Cl)=C(Nc3ccc(C(=O)Nc4ccc(C(C)=O)cc4)cc3)C2=O)c1. The van der Waals surface area contributed by atoms with Gasteiger partial charge in [0.05, 0.1) is 18.4 Å². The van der Waals surface area contributed by atoms with Crippen LogP contribution in [-0.2, 0) is 14.3 Å². The highest BCUT2D eigenvalue weighted by molar-refractivity contribution is 6.53. The Bertz CT molecular complexity index is 1460. The summed E-state index contributed by atoms with van der Waals surface area (Å²) in [5.74, 6) is -2.51. The van der Waals surface area contributed by atoms with Crippen molar-refractivity contribution in [3.8, 4) is 0 Å². The number of halogens is 1. The standard InChI is InChI=1S/C27H20ClN3O6/c1-15(32)16-6-10-20(11-7-16)30-24(33)17-8-12-19(13-9-17)29-23-22(28)25(34)31(26(23)35)21-5-3-4-18(14-21)27(36)37-2/h3-14,29H,1-2H3,(H,30,33). The van der Waals surface area contributed by atoms with Crippen LogP contribution in [0.2, 0.25) is 0 Å². The predicted molar refractivity (Wildman–Crippen MR) is 138 cm³/mol. The molecule has 0 saturated carbocycles. The van der Waals surface area contributed by atoms with Gasteiger partial charge >= 0.3 is 5.97 Å². The number of esters is 1. The van der Waals surface area contributed by atoms with Crippen molar-refractivity contribution < 1.29 is 28.7 Å². The Morgan fingerprint density at radius 1 is 0.811 bits per heavy atom. The van der Waals surface area contributed by atoms with E-state index in [1.54, 1.807) is 36.4 Å². The fourth-order valence-corrected chi connectivity index (χ4v) is 3.79. The summed E-state index contributed by atoms with van der Waals surface area (Å²) in [6.45, 7) is 1.46. The number of ether oxygens (including phenoxy) is 1. The Hall–Kier alpha value is -4.76. The van der Waals surface area contributed by atoms with Crippen LogP contribution in [-0.4, -0.2) is 36.6 Å². The van der Waals surface area contributed by atoms with Crippen molar-refractivity contribution in [2.24, 2.45) is 0 Å². The molecule has 3 aromatic carbocycles. The van der Waals surface area contributed by atoms with Gasteiger partial charge in [0.25, 0.3) is 17.7 Å². The van der Waals surface area contributed by atoms with Gasteiger partial charge in [-0.1, -0.05) is 17.7 Å². The van der Waals surface area contributed by atoms with Gasteiger partial charge in [-0.3, -0.25) is 19.2 Å². The quantitative estimate of drug-likeness (QED) is 0.271. The van der Waals surface area contributed by atoms with E-state index < -0.39 is 17.8 Å². The second-order valence-corrected chi connectivity index (χ2v) is 8.34. The minimum Gasteiger partial charge on any atom is -0.465 e. The van der Waals surface area contributed by atoms with Gasteiger partial charge in [-0.2, -0.15) is 0 Å². The molecule has 1 aliphatic heterocycles. The van der Waals surface area contributed by atoms with Crippen LogP contribution in [0.3, 0.4) is 0 Å². The third-order valence-corrected chi connectivity index (χ3v) is 5.87. The number of ketones is 1. The summed E-state index contributed by atoms with van der Waals surface area (Å²) in [6.07, 6.45) is 0. The van der Waals surface area contributed by atoms with Crippen LogP contribution in [0.4, 0.5) is 17.1 Å². The average Bonchev–Trinajstić information content (AvgIpc) is 3.11. The first kappa shape index (κ1) is 25.3. The van der Waals surface area contributed by atoms with Crippen molar-refractivity contribution in [1.29, 1.82) is 0 Å². The fourth-order valence-electron chi connectivity index (χ4n) is 3.58. The summed E-state index contributed by atoms with van der Waals surface area (Å²) in [5, 5.41) is 5.25. The van der Waals surface area contributed by atoms with E-state index in [0.29, 0.717) is 22.5 Å². The fraction of sp³-hybridized carbons (Fsp3) is 0.0741. The molecule has 37 heavy (non-hydrogen) atoms. The summed E-state index contributed by atoms with van der Waals surface area (Å²) >= 11 is 6.18. The molecule has 2 N–H and O–H groups in total. The van der Waals surface area contributed by atoms with Crippen molar-refractivity contribution in [2.75, 3.05) is 22.6 Å². The van der Waals surface area contributed by atoms with Gasteiger partial charge in [-0.25, -0.2) is 9.69 Å². The van der Waals surface area contributed by atoms with Crippen molar-refractivity contribution in [3.05, 3.63) is 100 Å². The lowest BCUT2D eigenvalue weighted by molar-refractivity contribution is -0.120. The highest BCUT2D eigenvalue weighted by Gasteiger charge is 2.39. The molecule has 0 fully saturated rings. The number of carbonyl (C=O) groups is 5. The maximum atomic E-state index is 13.0.